The Kier molecular flexibility index (Phi) is 9.86. The molecule has 0 unspecified atom stereocenters. The van der Waals surface area contributed by atoms with Crippen molar-refractivity contribution in [2.45, 2.75) is 57.0 Å². The van der Waals surface area contributed by atoms with Crippen molar-refractivity contribution in [3.8, 4) is 0 Å². The Morgan fingerprint density at radius 3 is 1.93 bits per heavy atom. The van der Waals surface area contributed by atoms with Crippen LogP contribution in [-0.4, -0.2) is 54.5 Å². The molecule has 222 valence electrons. The second-order valence-electron chi connectivity index (χ2n) is 12.3. The van der Waals surface area contributed by atoms with Crippen LogP contribution < -0.4 is 4.90 Å². The minimum Gasteiger partial charge on any atom is -0.369 e. The number of piperazine rings is 1. The van der Waals surface area contributed by atoms with Crippen LogP contribution in [0.1, 0.15) is 71.5 Å². The molecule has 0 spiro atoms. The smallest absolute Gasteiger partial charge is 0.254 e. The van der Waals surface area contributed by atoms with Crippen molar-refractivity contribution in [2.75, 3.05) is 37.6 Å². The molecule has 4 aromatic carbocycles. The summed E-state index contributed by atoms with van der Waals surface area (Å²) in [6, 6.07) is 41.0. The molecule has 4 aromatic rings. The normalized spacial score (nSPS) is 16.3. The fraction of sp³-hybridized carbons (Fsp3) is 0.359. The zero-order valence-corrected chi connectivity index (χ0v) is 25.4. The van der Waals surface area contributed by atoms with Gasteiger partial charge in [-0.2, -0.15) is 0 Å². The summed E-state index contributed by atoms with van der Waals surface area (Å²) in [5, 5.41) is 0. The number of carbonyl (C=O) groups excluding carboxylic acids is 1. The van der Waals surface area contributed by atoms with Crippen molar-refractivity contribution in [1.82, 2.24) is 9.80 Å². The van der Waals surface area contributed by atoms with Gasteiger partial charge in [-0.05, 0) is 60.7 Å². The van der Waals surface area contributed by atoms with E-state index in [0.717, 1.165) is 57.5 Å². The monoisotopic (exact) mass is 571 g/mol. The van der Waals surface area contributed by atoms with Crippen molar-refractivity contribution in [3.63, 3.8) is 0 Å². The van der Waals surface area contributed by atoms with Gasteiger partial charge in [-0.15, -0.1) is 0 Å². The van der Waals surface area contributed by atoms with Crippen LogP contribution in [-0.2, 0) is 6.54 Å². The molecule has 1 aliphatic heterocycles. The first kappa shape index (κ1) is 29.2. The fourth-order valence-electron chi connectivity index (χ4n) is 6.98. The lowest BCUT2D eigenvalue weighted by atomic mass is 9.88. The summed E-state index contributed by atoms with van der Waals surface area (Å²) in [4.78, 5) is 21.2. The molecule has 6 rings (SSSR count). The van der Waals surface area contributed by atoms with E-state index in [-0.39, 0.29) is 5.91 Å². The third-order valence-electron chi connectivity index (χ3n) is 9.44. The number of hydrogen-bond acceptors (Lipinski definition) is 3. The summed E-state index contributed by atoms with van der Waals surface area (Å²) in [5.74, 6) is 0.579. The van der Waals surface area contributed by atoms with Gasteiger partial charge in [0.15, 0.2) is 0 Å². The number of benzene rings is 4. The molecule has 2 fully saturated rings. The minimum atomic E-state index is 0.170. The summed E-state index contributed by atoms with van der Waals surface area (Å²) >= 11 is 0. The number of rotatable bonds is 10. The average Bonchev–Trinajstić information content (AvgIpc) is 3.09. The van der Waals surface area contributed by atoms with Crippen molar-refractivity contribution in [3.05, 3.63) is 138 Å². The SMILES string of the molecule is O=C(c1cccc(N2CCN(CCC(c3ccccc3)c3ccccc3)CC2)c1)N(Cc1ccccc1)C1CCCCC1. The van der Waals surface area contributed by atoms with Crippen LogP contribution in [0.3, 0.4) is 0 Å². The van der Waals surface area contributed by atoms with Crippen molar-refractivity contribution in [2.24, 2.45) is 0 Å². The Labute approximate surface area is 258 Å². The molecular weight excluding hydrogens is 526 g/mol. The Morgan fingerprint density at radius 1 is 0.698 bits per heavy atom. The highest BCUT2D eigenvalue weighted by Crippen LogP contribution is 2.30. The van der Waals surface area contributed by atoms with Gasteiger partial charge in [-0.1, -0.05) is 116 Å². The molecule has 1 saturated carbocycles. The molecule has 0 atom stereocenters. The molecule has 4 nitrogen and oxygen atoms in total. The Hall–Kier alpha value is -3.89. The van der Waals surface area contributed by atoms with Crippen LogP contribution >= 0.6 is 0 Å². The second-order valence-corrected chi connectivity index (χ2v) is 12.3. The van der Waals surface area contributed by atoms with E-state index >= 15 is 0 Å². The van der Waals surface area contributed by atoms with Gasteiger partial charge in [0, 0.05) is 55.9 Å². The molecule has 2 aliphatic rings. The fourth-order valence-corrected chi connectivity index (χ4v) is 6.98. The molecule has 4 heteroatoms. The zero-order valence-electron chi connectivity index (χ0n) is 25.4. The first-order chi connectivity index (χ1) is 21.2. The van der Waals surface area contributed by atoms with Crippen molar-refractivity contribution >= 4 is 11.6 Å². The number of carbonyl (C=O) groups is 1. The van der Waals surface area contributed by atoms with Crippen LogP contribution in [0.2, 0.25) is 0 Å². The maximum atomic E-state index is 14.0. The Bertz CT molecular complexity index is 1370. The standard InChI is InChI=1S/C39H45N3O/c43-39(42(36-21-11-4-12-22-36)31-32-14-5-1-6-15-32)35-20-13-23-37(30-35)41-28-26-40(27-29-41)25-24-38(33-16-7-2-8-17-33)34-18-9-3-10-19-34/h1-3,5-10,13-20,23,30,36,38H,4,11-12,21-22,24-29,31H2. The molecule has 43 heavy (non-hydrogen) atoms. The summed E-state index contributed by atoms with van der Waals surface area (Å²) in [5.41, 5.74) is 5.97. The predicted octanol–water partition coefficient (Wildman–Crippen LogP) is 8.01. The molecule has 0 bridgehead atoms. The lowest BCUT2D eigenvalue weighted by Gasteiger charge is -2.37. The lowest BCUT2D eigenvalue weighted by Crippen LogP contribution is -2.47. The molecular formula is C39H45N3O. The first-order valence-electron chi connectivity index (χ1n) is 16.3. The first-order valence-corrected chi connectivity index (χ1v) is 16.3. The number of hydrogen-bond donors (Lipinski definition) is 0. The molecule has 0 radical (unpaired) electrons. The highest BCUT2D eigenvalue weighted by Gasteiger charge is 2.27. The largest absolute Gasteiger partial charge is 0.369 e. The zero-order chi connectivity index (χ0) is 29.3. The third-order valence-corrected chi connectivity index (χ3v) is 9.44. The topological polar surface area (TPSA) is 26.8 Å². The van der Waals surface area contributed by atoms with E-state index in [4.69, 9.17) is 0 Å². The van der Waals surface area contributed by atoms with E-state index in [2.05, 4.69) is 118 Å². The van der Waals surface area contributed by atoms with E-state index in [1.807, 2.05) is 12.1 Å². The molecule has 0 N–H and O–H groups in total. The molecule has 1 amide bonds. The van der Waals surface area contributed by atoms with Gasteiger partial charge < -0.3 is 9.80 Å². The van der Waals surface area contributed by atoms with Crippen molar-refractivity contribution in [1.29, 1.82) is 0 Å². The van der Waals surface area contributed by atoms with Crippen molar-refractivity contribution < 1.29 is 4.79 Å². The van der Waals surface area contributed by atoms with E-state index in [1.165, 1.54) is 41.6 Å². The maximum absolute atomic E-state index is 14.0. The molecule has 1 saturated heterocycles. The number of anilines is 1. The van der Waals surface area contributed by atoms with E-state index in [9.17, 15) is 4.79 Å². The second kappa shape index (κ2) is 14.5. The van der Waals surface area contributed by atoms with Crippen LogP contribution in [0, 0.1) is 0 Å². The van der Waals surface area contributed by atoms with Crippen LogP contribution in [0.15, 0.2) is 115 Å². The van der Waals surface area contributed by atoms with Gasteiger partial charge in [0.1, 0.15) is 0 Å². The Morgan fingerprint density at radius 2 is 1.30 bits per heavy atom. The van der Waals surface area contributed by atoms with E-state index in [1.54, 1.807) is 0 Å². The lowest BCUT2D eigenvalue weighted by molar-refractivity contribution is 0.0614. The predicted molar refractivity (Wildman–Crippen MR) is 178 cm³/mol. The quantitative estimate of drug-likeness (QED) is 0.193. The van der Waals surface area contributed by atoms with Gasteiger partial charge in [0.2, 0.25) is 0 Å². The summed E-state index contributed by atoms with van der Waals surface area (Å²) in [7, 11) is 0. The van der Waals surface area contributed by atoms with Crippen LogP contribution in [0.4, 0.5) is 5.69 Å². The number of amides is 1. The minimum absolute atomic E-state index is 0.170. The summed E-state index contributed by atoms with van der Waals surface area (Å²) in [6.45, 7) is 5.80. The average molecular weight is 572 g/mol. The number of nitrogens with zero attached hydrogens (tertiary/aromatic N) is 3. The van der Waals surface area contributed by atoms with E-state index < -0.39 is 0 Å². The highest BCUT2D eigenvalue weighted by atomic mass is 16.2. The van der Waals surface area contributed by atoms with Gasteiger partial charge in [0.05, 0.1) is 0 Å². The van der Waals surface area contributed by atoms with Gasteiger partial charge >= 0.3 is 0 Å². The molecule has 1 aliphatic carbocycles. The third kappa shape index (κ3) is 7.55. The highest BCUT2D eigenvalue weighted by molar-refractivity contribution is 5.95. The Balaban J connectivity index is 1.09. The molecule has 0 aromatic heterocycles. The van der Waals surface area contributed by atoms with Crippen LogP contribution in [0.25, 0.3) is 0 Å². The summed E-state index contributed by atoms with van der Waals surface area (Å²) < 4.78 is 0. The van der Waals surface area contributed by atoms with Gasteiger partial charge in [-0.25, -0.2) is 0 Å². The molecule has 1 heterocycles. The van der Waals surface area contributed by atoms with Gasteiger partial charge in [0.25, 0.3) is 5.91 Å². The van der Waals surface area contributed by atoms with E-state index in [0.29, 0.717) is 18.5 Å². The van der Waals surface area contributed by atoms with Gasteiger partial charge in [-0.3, -0.25) is 9.69 Å². The van der Waals surface area contributed by atoms with Crippen LogP contribution in [0.5, 0.6) is 0 Å². The summed E-state index contributed by atoms with van der Waals surface area (Å²) in [6.07, 6.45) is 7.03. The maximum Gasteiger partial charge on any atom is 0.254 e.